The second-order valence-corrected chi connectivity index (χ2v) is 4.35. The van der Waals surface area contributed by atoms with E-state index in [0.29, 0.717) is 6.61 Å². The van der Waals surface area contributed by atoms with E-state index in [1.165, 1.54) is 0 Å². The normalized spacial score (nSPS) is 12.4. The van der Waals surface area contributed by atoms with Crippen LogP contribution in [0.15, 0.2) is 36.7 Å². The Balaban J connectivity index is 1.93. The first-order valence-electron chi connectivity index (χ1n) is 6.18. The zero-order valence-corrected chi connectivity index (χ0v) is 10.8. The minimum absolute atomic E-state index is 0.0573. The van der Waals surface area contributed by atoms with Crippen LogP contribution in [-0.2, 0) is 13.2 Å². The maximum atomic E-state index is 5.80. The van der Waals surface area contributed by atoms with Crippen LogP contribution in [0, 0.1) is 0 Å². The van der Waals surface area contributed by atoms with E-state index in [4.69, 9.17) is 10.5 Å². The molecule has 0 unspecified atom stereocenters. The van der Waals surface area contributed by atoms with Gasteiger partial charge in [-0.1, -0.05) is 12.1 Å². The molecule has 2 N–H and O–H groups in total. The fraction of sp³-hybridized carbons (Fsp3) is 0.357. The van der Waals surface area contributed by atoms with Crippen molar-refractivity contribution < 1.29 is 4.74 Å². The lowest BCUT2D eigenvalue weighted by Gasteiger charge is -2.08. The number of rotatable bonds is 5. The summed E-state index contributed by atoms with van der Waals surface area (Å²) in [4.78, 5) is 0. The van der Waals surface area contributed by atoms with Crippen LogP contribution in [0.3, 0.4) is 0 Å². The highest BCUT2D eigenvalue weighted by atomic mass is 16.5. The van der Waals surface area contributed by atoms with Crippen molar-refractivity contribution in [3.8, 4) is 5.75 Å². The molecule has 0 aliphatic rings. The van der Waals surface area contributed by atoms with Gasteiger partial charge < -0.3 is 10.5 Å². The van der Waals surface area contributed by atoms with Gasteiger partial charge in [-0.25, -0.2) is 0 Å². The molecule has 0 spiro atoms. The first kappa shape index (κ1) is 12.6. The van der Waals surface area contributed by atoms with E-state index in [0.717, 1.165) is 23.4 Å². The number of hydrogen-bond acceptors (Lipinski definition) is 3. The first-order valence-corrected chi connectivity index (χ1v) is 6.18. The van der Waals surface area contributed by atoms with Crippen molar-refractivity contribution in [2.24, 2.45) is 5.73 Å². The summed E-state index contributed by atoms with van der Waals surface area (Å²) in [6, 6.07) is 7.94. The Kier molecular flexibility index (Phi) is 3.99. The zero-order chi connectivity index (χ0) is 13.0. The van der Waals surface area contributed by atoms with Crippen molar-refractivity contribution in [3.05, 3.63) is 47.8 Å². The molecule has 18 heavy (non-hydrogen) atoms. The van der Waals surface area contributed by atoms with Gasteiger partial charge in [0, 0.05) is 24.3 Å². The van der Waals surface area contributed by atoms with Gasteiger partial charge in [0.1, 0.15) is 12.4 Å². The van der Waals surface area contributed by atoms with E-state index < -0.39 is 0 Å². The topological polar surface area (TPSA) is 53.1 Å². The molecule has 1 heterocycles. The summed E-state index contributed by atoms with van der Waals surface area (Å²) < 4.78 is 7.58. The average molecular weight is 245 g/mol. The van der Waals surface area contributed by atoms with E-state index in [2.05, 4.69) is 12.0 Å². The highest BCUT2D eigenvalue weighted by Crippen LogP contribution is 2.17. The smallest absolute Gasteiger partial charge is 0.119 e. The fourth-order valence-electron chi connectivity index (χ4n) is 1.69. The van der Waals surface area contributed by atoms with E-state index in [9.17, 15) is 0 Å². The van der Waals surface area contributed by atoms with Crippen LogP contribution in [0.25, 0.3) is 0 Å². The number of benzene rings is 1. The van der Waals surface area contributed by atoms with Crippen molar-refractivity contribution in [1.29, 1.82) is 0 Å². The molecule has 1 atom stereocenters. The fourth-order valence-corrected chi connectivity index (χ4v) is 1.69. The molecule has 0 aliphatic carbocycles. The van der Waals surface area contributed by atoms with Gasteiger partial charge in [-0.05, 0) is 31.5 Å². The Labute approximate surface area is 107 Å². The molecular weight excluding hydrogens is 226 g/mol. The van der Waals surface area contributed by atoms with Crippen molar-refractivity contribution >= 4 is 0 Å². The third-order valence-corrected chi connectivity index (χ3v) is 2.82. The Morgan fingerprint density at radius 1 is 1.33 bits per heavy atom. The Morgan fingerprint density at radius 3 is 2.61 bits per heavy atom. The molecule has 0 fully saturated rings. The molecule has 0 saturated heterocycles. The van der Waals surface area contributed by atoms with Gasteiger partial charge in [0.15, 0.2) is 0 Å². The summed E-state index contributed by atoms with van der Waals surface area (Å²) in [7, 11) is 0. The van der Waals surface area contributed by atoms with Crippen molar-refractivity contribution in [1.82, 2.24) is 9.78 Å². The Morgan fingerprint density at radius 2 is 2.06 bits per heavy atom. The highest BCUT2D eigenvalue weighted by molar-refractivity contribution is 5.28. The number of nitrogens with zero attached hydrogens (tertiary/aromatic N) is 2. The predicted octanol–water partition coefficient (Wildman–Crippen LogP) is 2.50. The van der Waals surface area contributed by atoms with Crippen LogP contribution in [-0.4, -0.2) is 9.78 Å². The van der Waals surface area contributed by atoms with Crippen LogP contribution < -0.4 is 10.5 Å². The highest BCUT2D eigenvalue weighted by Gasteiger charge is 2.01. The van der Waals surface area contributed by atoms with Gasteiger partial charge in [0.05, 0.1) is 6.20 Å². The van der Waals surface area contributed by atoms with Crippen molar-refractivity contribution in [2.45, 2.75) is 33.0 Å². The Bertz CT molecular complexity index is 488. The number of hydrogen-bond donors (Lipinski definition) is 1. The zero-order valence-electron chi connectivity index (χ0n) is 10.8. The standard InChI is InChI=1S/C14H19N3O/c1-3-17-9-12(8-16-17)10-18-14-6-4-13(5-7-14)11(2)15/h4-9,11H,3,10,15H2,1-2H3/t11-/m0/s1. The molecular formula is C14H19N3O. The van der Waals surface area contributed by atoms with E-state index in [-0.39, 0.29) is 6.04 Å². The Hall–Kier alpha value is -1.81. The van der Waals surface area contributed by atoms with Gasteiger partial charge in [-0.2, -0.15) is 5.10 Å². The predicted molar refractivity (Wildman–Crippen MR) is 71.3 cm³/mol. The van der Waals surface area contributed by atoms with E-state index in [1.807, 2.05) is 48.3 Å². The maximum absolute atomic E-state index is 5.80. The lowest BCUT2D eigenvalue weighted by atomic mass is 10.1. The summed E-state index contributed by atoms with van der Waals surface area (Å²) in [5, 5.41) is 4.20. The van der Waals surface area contributed by atoms with Crippen LogP contribution in [0.1, 0.15) is 31.0 Å². The third kappa shape index (κ3) is 3.11. The summed E-state index contributed by atoms with van der Waals surface area (Å²) in [6.07, 6.45) is 3.83. The monoisotopic (exact) mass is 245 g/mol. The summed E-state index contributed by atoms with van der Waals surface area (Å²) in [5.74, 6) is 0.851. The molecule has 2 rings (SSSR count). The van der Waals surface area contributed by atoms with E-state index in [1.54, 1.807) is 0 Å². The number of ether oxygens (including phenoxy) is 1. The van der Waals surface area contributed by atoms with Crippen LogP contribution in [0.4, 0.5) is 0 Å². The number of nitrogens with two attached hydrogens (primary N) is 1. The quantitative estimate of drug-likeness (QED) is 0.880. The summed E-state index contributed by atoms with van der Waals surface area (Å²) in [6.45, 7) is 5.44. The molecule has 0 saturated carbocycles. The number of aryl methyl sites for hydroxylation is 1. The van der Waals surface area contributed by atoms with Crippen LogP contribution in [0.2, 0.25) is 0 Å². The number of aromatic nitrogens is 2. The molecule has 0 aliphatic heterocycles. The minimum atomic E-state index is 0.0573. The van der Waals surface area contributed by atoms with Crippen molar-refractivity contribution in [3.63, 3.8) is 0 Å². The minimum Gasteiger partial charge on any atom is -0.489 e. The third-order valence-electron chi connectivity index (χ3n) is 2.82. The molecule has 4 heteroatoms. The average Bonchev–Trinajstić information content (AvgIpc) is 2.85. The SMILES string of the molecule is CCn1cc(COc2ccc([C@H](C)N)cc2)cn1. The van der Waals surface area contributed by atoms with Gasteiger partial charge in [-0.15, -0.1) is 0 Å². The van der Waals surface area contributed by atoms with Gasteiger partial charge in [0.25, 0.3) is 0 Å². The summed E-state index contributed by atoms with van der Waals surface area (Å²) >= 11 is 0. The van der Waals surface area contributed by atoms with Gasteiger partial charge in [0.2, 0.25) is 0 Å². The van der Waals surface area contributed by atoms with Gasteiger partial charge in [-0.3, -0.25) is 4.68 Å². The molecule has 4 nitrogen and oxygen atoms in total. The lowest BCUT2D eigenvalue weighted by molar-refractivity contribution is 0.306. The molecule has 0 bridgehead atoms. The van der Waals surface area contributed by atoms with E-state index >= 15 is 0 Å². The molecule has 96 valence electrons. The first-order chi connectivity index (χ1) is 8.69. The molecule has 1 aromatic carbocycles. The molecule has 1 aromatic heterocycles. The lowest BCUT2D eigenvalue weighted by Crippen LogP contribution is -2.04. The van der Waals surface area contributed by atoms with Crippen LogP contribution in [0.5, 0.6) is 5.75 Å². The molecule has 0 amide bonds. The largest absolute Gasteiger partial charge is 0.489 e. The summed E-state index contributed by atoms with van der Waals surface area (Å²) in [5.41, 5.74) is 7.98. The molecule has 2 aromatic rings. The maximum Gasteiger partial charge on any atom is 0.119 e. The van der Waals surface area contributed by atoms with Gasteiger partial charge >= 0.3 is 0 Å². The van der Waals surface area contributed by atoms with Crippen LogP contribution >= 0.6 is 0 Å². The van der Waals surface area contributed by atoms with Crippen molar-refractivity contribution in [2.75, 3.05) is 0 Å². The second kappa shape index (κ2) is 5.69. The second-order valence-electron chi connectivity index (χ2n) is 4.35. The molecule has 0 radical (unpaired) electrons.